The lowest BCUT2D eigenvalue weighted by Crippen LogP contribution is -1.93. The lowest BCUT2D eigenvalue weighted by atomic mass is 9.99. The second-order valence-electron chi connectivity index (χ2n) is 4.60. The normalized spacial score (nSPS) is 10.7. The van der Waals surface area contributed by atoms with Crippen LogP contribution in [0, 0.1) is 6.92 Å². The summed E-state index contributed by atoms with van der Waals surface area (Å²) in [4.78, 5) is 4.54. The number of aryl methyl sites for hydroxylation is 1. The van der Waals surface area contributed by atoms with Gasteiger partial charge in [0.1, 0.15) is 0 Å². The van der Waals surface area contributed by atoms with Crippen LogP contribution in [0.4, 0.5) is 0 Å². The summed E-state index contributed by atoms with van der Waals surface area (Å²) in [5.74, 6) is 0. The number of rotatable bonds is 2. The molecule has 0 radical (unpaired) electrons. The predicted molar refractivity (Wildman–Crippen MR) is 75.7 cm³/mol. The highest BCUT2D eigenvalue weighted by atomic mass is 14.6. The number of pyridine rings is 1. The van der Waals surface area contributed by atoms with Crippen LogP contribution in [-0.2, 0) is 6.42 Å². The summed E-state index contributed by atoms with van der Waals surface area (Å²) in [6.45, 7) is 2.14. The van der Waals surface area contributed by atoms with Crippen molar-refractivity contribution >= 4 is 10.9 Å². The Balaban J connectivity index is 2.10. The molecule has 0 saturated carbocycles. The molecule has 3 rings (SSSR count). The first-order chi connectivity index (χ1) is 8.84. The third kappa shape index (κ3) is 2.00. The van der Waals surface area contributed by atoms with E-state index >= 15 is 0 Å². The van der Waals surface area contributed by atoms with Gasteiger partial charge in [-0.25, -0.2) is 0 Å². The third-order valence-electron chi connectivity index (χ3n) is 3.31. The first kappa shape index (κ1) is 11.0. The van der Waals surface area contributed by atoms with E-state index in [4.69, 9.17) is 0 Å². The summed E-state index contributed by atoms with van der Waals surface area (Å²) in [6.07, 6.45) is 2.81. The van der Waals surface area contributed by atoms with Crippen LogP contribution in [0.3, 0.4) is 0 Å². The molecule has 1 nitrogen and oxygen atoms in total. The van der Waals surface area contributed by atoms with Gasteiger partial charge in [0.2, 0.25) is 0 Å². The van der Waals surface area contributed by atoms with Crippen molar-refractivity contribution in [3.8, 4) is 0 Å². The molecule has 1 aromatic heterocycles. The minimum atomic E-state index is 0.939. The van der Waals surface area contributed by atoms with Gasteiger partial charge in [-0.15, -0.1) is 0 Å². The molecular formula is C17H15N. The van der Waals surface area contributed by atoms with E-state index in [2.05, 4.69) is 60.4 Å². The Morgan fingerprint density at radius 2 is 1.72 bits per heavy atom. The van der Waals surface area contributed by atoms with E-state index < -0.39 is 0 Å². The molecule has 0 bridgehead atoms. The van der Waals surface area contributed by atoms with E-state index in [1.807, 2.05) is 12.3 Å². The van der Waals surface area contributed by atoms with Crippen molar-refractivity contribution < 1.29 is 0 Å². The molecule has 18 heavy (non-hydrogen) atoms. The van der Waals surface area contributed by atoms with Gasteiger partial charge in [-0.1, -0.05) is 48.5 Å². The summed E-state index contributed by atoms with van der Waals surface area (Å²) < 4.78 is 0. The second kappa shape index (κ2) is 4.61. The van der Waals surface area contributed by atoms with Crippen LogP contribution in [0.25, 0.3) is 10.9 Å². The minimum Gasteiger partial charge on any atom is -0.256 e. The molecule has 0 aliphatic rings. The number of fused-ring (bicyclic) bond motifs is 1. The van der Waals surface area contributed by atoms with Crippen LogP contribution < -0.4 is 0 Å². The average Bonchev–Trinajstić information content (AvgIpc) is 2.44. The maximum absolute atomic E-state index is 4.54. The molecule has 0 amide bonds. The van der Waals surface area contributed by atoms with Crippen LogP contribution in [-0.4, -0.2) is 4.98 Å². The fourth-order valence-electron chi connectivity index (χ4n) is 2.33. The zero-order valence-electron chi connectivity index (χ0n) is 10.4. The Morgan fingerprint density at radius 1 is 0.889 bits per heavy atom. The van der Waals surface area contributed by atoms with Crippen molar-refractivity contribution in [3.63, 3.8) is 0 Å². The Labute approximate surface area is 107 Å². The topological polar surface area (TPSA) is 12.9 Å². The van der Waals surface area contributed by atoms with Crippen molar-refractivity contribution in [1.29, 1.82) is 0 Å². The smallest absolute Gasteiger partial charge is 0.0739 e. The molecule has 88 valence electrons. The van der Waals surface area contributed by atoms with Crippen LogP contribution in [0.15, 0.2) is 60.8 Å². The molecule has 2 aromatic carbocycles. The average molecular weight is 233 g/mol. The minimum absolute atomic E-state index is 0.939. The van der Waals surface area contributed by atoms with Gasteiger partial charge in [0.15, 0.2) is 0 Å². The van der Waals surface area contributed by atoms with E-state index in [9.17, 15) is 0 Å². The van der Waals surface area contributed by atoms with Crippen molar-refractivity contribution in [1.82, 2.24) is 4.98 Å². The van der Waals surface area contributed by atoms with Crippen molar-refractivity contribution in [3.05, 3.63) is 77.5 Å². The maximum atomic E-state index is 4.54. The predicted octanol–water partition coefficient (Wildman–Crippen LogP) is 4.13. The highest BCUT2D eigenvalue weighted by Crippen LogP contribution is 2.22. The number of hydrogen-bond acceptors (Lipinski definition) is 1. The van der Waals surface area contributed by atoms with Gasteiger partial charge in [-0.3, -0.25) is 4.98 Å². The molecule has 0 aliphatic carbocycles. The molecule has 1 heterocycles. The summed E-state index contributed by atoms with van der Waals surface area (Å²) >= 11 is 0. The lowest BCUT2D eigenvalue weighted by Gasteiger charge is -2.08. The standard InChI is InChI=1S/C17H15N/c1-13-9-10-15(12-14-6-3-2-4-7-14)17-16(13)8-5-11-18-17/h2-11H,12H2,1H3. The molecule has 0 atom stereocenters. The van der Waals surface area contributed by atoms with Gasteiger partial charge >= 0.3 is 0 Å². The summed E-state index contributed by atoms with van der Waals surface area (Å²) in [6, 6.07) is 19.1. The van der Waals surface area contributed by atoms with Crippen LogP contribution >= 0.6 is 0 Å². The highest BCUT2D eigenvalue weighted by molar-refractivity contribution is 5.85. The Kier molecular flexibility index (Phi) is 2.81. The summed E-state index contributed by atoms with van der Waals surface area (Å²) in [7, 11) is 0. The molecule has 3 aromatic rings. The van der Waals surface area contributed by atoms with Gasteiger partial charge in [-0.05, 0) is 36.1 Å². The Hall–Kier alpha value is -2.15. The number of nitrogens with zero attached hydrogens (tertiary/aromatic N) is 1. The fraction of sp³-hybridized carbons (Fsp3) is 0.118. The monoisotopic (exact) mass is 233 g/mol. The maximum Gasteiger partial charge on any atom is 0.0739 e. The molecule has 0 fully saturated rings. The highest BCUT2D eigenvalue weighted by Gasteiger charge is 2.05. The third-order valence-corrected chi connectivity index (χ3v) is 3.31. The van der Waals surface area contributed by atoms with Crippen LogP contribution in [0.1, 0.15) is 16.7 Å². The first-order valence-electron chi connectivity index (χ1n) is 6.22. The van der Waals surface area contributed by atoms with Crippen molar-refractivity contribution in [2.24, 2.45) is 0 Å². The van der Waals surface area contributed by atoms with Crippen LogP contribution in [0.5, 0.6) is 0 Å². The zero-order valence-corrected chi connectivity index (χ0v) is 10.4. The molecule has 0 spiro atoms. The largest absolute Gasteiger partial charge is 0.256 e. The molecule has 0 aliphatic heterocycles. The number of aromatic nitrogens is 1. The molecule has 0 unspecified atom stereocenters. The van der Waals surface area contributed by atoms with E-state index in [-0.39, 0.29) is 0 Å². The van der Waals surface area contributed by atoms with Crippen LogP contribution in [0.2, 0.25) is 0 Å². The van der Waals surface area contributed by atoms with Gasteiger partial charge in [0, 0.05) is 11.6 Å². The zero-order chi connectivity index (χ0) is 12.4. The van der Waals surface area contributed by atoms with E-state index in [0.29, 0.717) is 0 Å². The van der Waals surface area contributed by atoms with Gasteiger partial charge < -0.3 is 0 Å². The van der Waals surface area contributed by atoms with Gasteiger partial charge in [0.05, 0.1) is 5.52 Å². The Morgan fingerprint density at radius 3 is 2.56 bits per heavy atom. The molecule has 1 heteroatoms. The van der Waals surface area contributed by atoms with E-state index in [1.54, 1.807) is 0 Å². The SMILES string of the molecule is Cc1ccc(Cc2ccccc2)c2ncccc12. The number of hydrogen-bond donors (Lipinski definition) is 0. The first-order valence-corrected chi connectivity index (χ1v) is 6.22. The summed E-state index contributed by atoms with van der Waals surface area (Å²) in [5.41, 5.74) is 5.03. The fourth-order valence-corrected chi connectivity index (χ4v) is 2.33. The quantitative estimate of drug-likeness (QED) is 0.648. The molecular weight excluding hydrogens is 218 g/mol. The van der Waals surface area contributed by atoms with E-state index in [1.165, 1.54) is 22.1 Å². The van der Waals surface area contributed by atoms with Gasteiger partial charge in [0.25, 0.3) is 0 Å². The Bertz CT molecular complexity index is 672. The molecule has 0 N–H and O–H groups in total. The second-order valence-corrected chi connectivity index (χ2v) is 4.60. The lowest BCUT2D eigenvalue weighted by molar-refractivity contribution is 1.19. The number of benzene rings is 2. The van der Waals surface area contributed by atoms with Crippen molar-refractivity contribution in [2.75, 3.05) is 0 Å². The van der Waals surface area contributed by atoms with E-state index in [0.717, 1.165) is 11.9 Å². The summed E-state index contributed by atoms with van der Waals surface area (Å²) in [5, 5.41) is 1.26. The molecule has 0 saturated heterocycles. The van der Waals surface area contributed by atoms with Crippen molar-refractivity contribution in [2.45, 2.75) is 13.3 Å². The van der Waals surface area contributed by atoms with Gasteiger partial charge in [-0.2, -0.15) is 0 Å².